The highest BCUT2D eigenvalue weighted by molar-refractivity contribution is 7.90. The van der Waals surface area contributed by atoms with Gasteiger partial charge in [-0.15, -0.1) is 0 Å². The number of hydrogen-bond acceptors (Lipinski definition) is 5. The second-order valence-corrected chi connectivity index (χ2v) is 9.93. The van der Waals surface area contributed by atoms with Gasteiger partial charge in [0, 0.05) is 42.0 Å². The molecule has 0 N–H and O–H groups in total. The highest BCUT2D eigenvalue weighted by atomic mass is 32.2. The molecule has 0 spiro atoms. The molecule has 5 rings (SSSR count). The first-order valence-electron chi connectivity index (χ1n) is 10.6. The zero-order chi connectivity index (χ0) is 22.3. The molecular formula is C25H24N4O2S. The van der Waals surface area contributed by atoms with Gasteiger partial charge in [-0.2, -0.15) is 0 Å². The molecule has 1 aliphatic heterocycles. The SMILES string of the molecule is Cc1nccc(-c2cccc(S(=O)(=O)n3cc(C4=CCN(C)CC4)c4ccccc43)c2)n1. The maximum Gasteiger partial charge on any atom is 0.268 e. The summed E-state index contributed by atoms with van der Waals surface area (Å²) in [6, 6.07) is 16.4. The Bertz CT molecular complexity index is 1450. The van der Waals surface area contributed by atoms with Crippen molar-refractivity contribution in [3.8, 4) is 11.3 Å². The van der Waals surface area contributed by atoms with Gasteiger partial charge in [0.25, 0.3) is 10.0 Å². The number of nitrogens with zero attached hydrogens (tertiary/aromatic N) is 4. The van der Waals surface area contributed by atoms with Gasteiger partial charge in [-0.1, -0.05) is 36.4 Å². The fourth-order valence-electron chi connectivity index (χ4n) is 4.17. The Morgan fingerprint density at radius 2 is 1.88 bits per heavy atom. The topological polar surface area (TPSA) is 68.1 Å². The molecule has 0 aliphatic carbocycles. The minimum atomic E-state index is -3.80. The molecule has 0 bridgehead atoms. The Labute approximate surface area is 187 Å². The van der Waals surface area contributed by atoms with Crippen LogP contribution < -0.4 is 0 Å². The van der Waals surface area contributed by atoms with Gasteiger partial charge in [-0.3, -0.25) is 0 Å². The van der Waals surface area contributed by atoms with E-state index >= 15 is 0 Å². The molecule has 0 radical (unpaired) electrons. The van der Waals surface area contributed by atoms with Crippen LogP contribution in [-0.2, 0) is 10.0 Å². The summed E-state index contributed by atoms with van der Waals surface area (Å²) in [4.78, 5) is 11.0. The molecule has 0 saturated heterocycles. The fourth-order valence-corrected chi connectivity index (χ4v) is 5.58. The van der Waals surface area contributed by atoms with E-state index in [2.05, 4.69) is 28.0 Å². The van der Waals surface area contributed by atoms with Crippen molar-refractivity contribution in [1.82, 2.24) is 18.8 Å². The molecule has 2 aromatic carbocycles. The minimum Gasteiger partial charge on any atom is -0.302 e. The molecule has 7 heteroatoms. The van der Waals surface area contributed by atoms with E-state index in [1.54, 1.807) is 36.7 Å². The summed E-state index contributed by atoms with van der Waals surface area (Å²) in [6.45, 7) is 3.63. The van der Waals surface area contributed by atoms with Crippen LogP contribution in [0.2, 0.25) is 0 Å². The van der Waals surface area contributed by atoms with E-state index in [1.807, 2.05) is 37.3 Å². The number of benzene rings is 2. The van der Waals surface area contributed by atoms with Crippen molar-refractivity contribution in [2.24, 2.45) is 0 Å². The maximum absolute atomic E-state index is 13.7. The van der Waals surface area contributed by atoms with E-state index in [0.29, 0.717) is 17.0 Å². The zero-order valence-electron chi connectivity index (χ0n) is 18.1. The van der Waals surface area contributed by atoms with Gasteiger partial charge in [0.1, 0.15) is 5.82 Å². The highest BCUT2D eigenvalue weighted by Gasteiger charge is 2.23. The summed E-state index contributed by atoms with van der Waals surface area (Å²) < 4.78 is 28.9. The first-order valence-corrected chi connectivity index (χ1v) is 12.0. The lowest BCUT2D eigenvalue weighted by Gasteiger charge is -2.21. The number of aromatic nitrogens is 3. The third-order valence-corrected chi connectivity index (χ3v) is 7.57. The van der Waals surface area contributed by atoms with Crippen LogP contribution in [0.3, 0.4) is 0 Å². The van der Waals surface area contributed by atoms with Gasteiger partial charge in [-0.25, -0.2) is 22.4 Å². The summed E-state index contributed by atoms with van der Waals surface area (Å²) in [5.74, 6) is 0.642. The average Bonchev–Trinajstić information content (AvgIpc) is 3.20. The van der Waals surface area contributed by atoms with E-state index in [0.717, 1.165) is 36.0 Å². The molecule has 1 aliphatic rings. The van der Waals surface area contributed by atoms with E-state index in [-0.39, 0.29) is 4.90 Å². The fraction of sp³-hybridized carbons (Fsp3) is 0.200. The molecule has 4 aromatic rings. The van der Waals surface area contributed by atoms with Crippen molar-refractivity contribution in [3.05, 3.63) is 84.5 Å². The summed E-state index contributed by atoms with van der Waals surface area (Å²) in [7, 11) is -1.71. The summed E-state index contributed by atoms with van der Waals surface area (Å²) in [6.07, 6.45) is 6.55. The van der Waals surface area contributed by atoms with E-state index < -0.39 is 10.0 Å². The smallest absolute Gasteiger partial charge is 0.268 e. The molecule has 32 heavy (non-hydrogen) atoms. The Hall–Kier alpha value is -3.29. The number of aryl methyl sites for hydroxylation is 1. The first kappa shape index (κ1) is 20.6. The lowest BCUT2D eigenvalue weighted by atomic mass is 9.99. The Morgan fingerprint density at radius 3 is 2.66 bits per heavy atom. The van der Waals surface area contributed by atoms with Crippen LogP contribution in [-0.4, -0.2) is 47.4 Å². The van der Waals surface area contributed by atoms with Crippen molar-refractivity contribution < 1.29 is 8.42 Å². The van der Waals surface area contributed by atoms with Crippen molar-refractivity contribution in [2.45, 2.75) is 18.2 Å². The van der Waals surface area contributed by atoms with Crippen molar-refractivity contribution in [2.75, 3.05) is 20.1 Å². The zero-order valence-corrected chi connectivity index (χ0v) is 18.9. The number of likely N-dealkylation sites (N-methyl/N-ethyl adjacent to an activating group) is 1. The monoisotopic (exact) mass is 444 g/mol. The molecule has 0 saturated carbocycles. The van der Waals surface area contributed by atoms with Crippen LogP contribution in [0.5, 0.6) is 0 Å². The van der Waals surface area contributed by atoms with Crippen LogP contribution in [0.1, 0.15) is 17.8 Å². The van der Waals surface area contributed by atoms with Gasteiger partial charge in [0.05, 0.1) is 16.1 Å². The molecule has 0 unspecified atom stereocenters. The van der Waals surface area contributed by atoms with Crippen LogP contribution in [0.25, 0.3) is 27.7 Å². The number of hydrogen-bond donors (Lipinski definition) is 0. The molecule has 162 valence electrons. The Morgan fingerprint density at radius 1 is 1.03 bits per heavy atom. The van der Waals surface area contributed by atoms with Gasteiger partial charge >= 0.3 is 0 Å². The van der Waals surface area contributed by atoms with E-state index in [9.17, 15) is 8.42 Å². The van der Waals surface area contributed by atoms with Gasteiger partial charge in [0.15, 0.2) is 0 Å². The minimum absolute atomic E-state index is 0.232. The third-order valence-electron chi connectivity index (χ3n) is 5.90. The molecular weight excluding hydrogens is 420 g/mol. The average molecular weight is 445 g/mol. The van der Waals surface area contributed by atoms with Gasteiger partial charge in [0.2, 0.25) is 0 Å². The number of rotatable bonds is 4. The molecule has 3 heterocycles. The van der Waals surface area contributed by atoms with E-state index in [1.165, 1.54) is 9.55 Å². The third kappa shape index (κ3) is 3.63. The van der Waals surface area contributed by atoms with Crippen molar-refractivity contribution in [3.63, 3.8) is 0 Å². The molecule has 0 atom stereocenters. The van der Waals surface area contributed by atoms with E-state index in [4.69, 9.17) is 0 Å². The van der Waals surface area contributed by atoms with Crippen molar-refractivity contribution >= 4 is 26.5 Å². The molecule has 6 nitrogen and oxygen atoms in total. The second kappa shape index (κ2) is 8.00. The second-order valence-electron chi connectivity index (χ2n) is 8.12. The molecule has 2 aromatic heterocycles. The van der Waals surface area contributed by atoms with Gasteiger partial charge < -0.3 is 4.90 Å². The predicted octanol–water partition coefficient (Wildman–Crippen LogP) is 4.36. The molecule has 0 amide bonds. The lowest BCUT2D eigenvalue weighted by Crippen LogP contribution is -2.23. The lowest BCUT2D eigenvalue weighted by molar-refractivity contribution is 0.370. The largest absolute Gasteiger partial charge is 0.302 e. The van der Waals surface area contributed by atoms with Crippen LogP contribution in [0.4, 0.5) is 0 Å². The Balaban J connectivity index is 1.64. The number of para-hydroxylation sites is 1. The summed E-state index contributed by atoms with van der Waals surface area (Å²) in [5, 5.41) is 0.953. The number of fused-ring (bicyclic) bond motifs is 1. The molecule has 0 fully saturated rings. The first-order chi connectivity index (χ1) is 15.4. The summed E-state index contributed by atoms with van der Waals surface area (Å²) in [5.41, 5.74) is 4.30. The predicted molar refractivity (Wildman–Crippen MR) is 127 cm³/mol. The maximum atomic E-state index is 13.7. The standard InChI is InChI=1S/C25H24N4O2S/c1-18-26-13-10-24(27-18)20-6-5-7-21(16-20)32(30,31)29-17-23(19-11-14-28(2)15-12-19)22-8-3-4-9-25(22)29/h3-11,13,16-17H,12,14-15H2,1-2H3. The van der Waals surface area contributed by atoms with Gasteiger partial charge in [-0.05, 0) is 50.2 Å². The quantitative estimate of drug-likeness (QED) is 0.468. The highest BCUT2D eigenvalue weighted by Crippen LogP contribution is 2.33. The van der Waals surface area contributed by atoms with Crippen molar-refractivity contribution in [1.29, 1.82) is 0 Å². The normalized spacial score (nSPS) is 15.1. The van der Waals surface area contributed by atoms with Crippen LogP contribution in [0.15, 0.2) is 78.0 Å². The Kier molecular flexibility index (Phi) is 5.15. The van der Waals surface area contributed by atoms with Crippen LogP contribution in [0, 0.1) is 6.92 Å². The summed E-state index contributed by atoms with van der Waals surface area (Å²) >= 11 is 0. The van der Waals surface area contributed by atoms with Crippen LogP contribution >= 0.6 is 0 Å².